The van der Waals surface area contributed by atoms with Gasteiger partial charge in [-0.05, 0) is 38.5 Å². The largest absolute Gasteiger partial charge is 0.371 e. The van der Waals surface area contributed by atoms with Crippen molar-refractivity contribution in [2.45, 2.75) is 51.2 Å². The van der Waals surface area contributed by atoms with Crippen molar-refractivity contribution >= 4 is 11.3 Å². The van der Waals surface area contributed by atoms with Gasteiger partial charge in [0.15, 0.2) is 0 Å². The van der Waals surface area contributed by atoms with Crippen molar-refractivity contribution < 1.29 is 4.74 Å². The summed E-state index contributed by atoms with van der Waals surface area (Å²) in [7, 11) is 1.81. The third-order valence-corrected chi connectivity index (χ3v) is 4.90. The van der Waals surface area contributed by atoms with Crippen LogP contribution in [0.25, 0.3) is 0 Å². The van der Waals surface area contributed by atoms with Gasteiger partial charge in [0.25, 0.3) is 0 Å². The Bertz CT molecular complexity index is 367. The summed E-state index contributed by atoms with van der Waals surface area (Å²) in [4.78, 5) is 4.67. The zero-order valence-electron chi connectivity index (χ0n) is 10.9. The standard InChI is InChI=1S/C13H22N2OS/c1-9-4-6-13(16-3,7-5-9)12-15-11(8-17-12)10(2)14/h8-10H,4-7,14H2,1-3H3. The second-order valence-electron chi connectivity index (χ2n) is 5.25. The first-order valence-electron chi connectivity index (χ1n) is 6.34. The predicted octanol–water partition coefficient (Wildman–Crippen LogP) is 3.21. The smallest absolute Gasteiger partial charge is 0.125 e. The van der Waals surface area contributed by atoms with E-state index in [1.165, 1.54) is 12.8 Å². The highest BCUT2D eigenvalue weighted by Gasteiger charge is 2.38. The van der Waals surface area contributed by atoms with Crippen LogP contribution in [0.2, 0.25) is 0 Å². The van der Waals surface area contributed by atoms with E-state index >= 15 is 0 Å². The molecule has 0 amide bonds. The molecule has 1 heterocycles. The summed E-state index contributed by atoms with van der Waals surface area (Å²) in [6.07, 6.45) is 4.61. The van der Waals surface area contributed by atoms with Crippen molar-refractivity contribution in [1.82, 2.24) is 4.98 Å². The summed E-state index contributed by atoms with van der Waals surface area (Å²) in [5, 5.41) is 3.18. The lowest BCUT2D eigenvalue weighted by Crippen LogP contribution is -2.33. The SMILES string of the molecule is COC1(c2nc(C(C)N)cs2)CCC(C)CC1. The van der Waals surface area contributed by atoms with Gasteiger partial charge in [-0.25, -0.2) is 4.98 Å². The molecule has 1 aromatic rings. The highest BCUT2D eigenvalue weighted by molar-refractivity contribution is 7.09. The van der Waals surface area contributed by atoms with Gasteiger partial charge in [-0.1, -0.05) is 6.92 Å². The number of aromatic nitrogens is 1. The fourth-order valence-electron chi connectivity index (χ4n) is 2.44. The van der Waals surface area contributed by atoms with Gasteiger partial charge in [0.1, 0.15) is 10.6 Å². The molecule has 1 saturated carbocycles. The molecular formula is C13H22N2OS. The normalized spacial score (nSPS) is 31.4. The van der Waals surface area contributed by atoms with Crippen LogP contribution in [0.4, 0.5) is 0 Å². The average molecular weight is 254 g/mol. The average Bonchev–Trinajstić information content (AvgIpc) is 2.81. The molecule has 1 unspecified atom stereocenters. The topological polar surface area (TPSA) is 48.1 Å². The van der Waals surface area contributed by atoms with E-state index in [1.807, 2.05) is 14.0 Å². The molecule has 0 spiro atoms. The van der Waals surface area contributed by atoms with E-state index in [1.54, 1.807) is 11.3 Å². The van der Waals surface area contributed by atoms with Gasteiger partial charge in [0, 0.05) is 18.5 Å². The van der Waals surface area contributed by atoms with Crippen molar-refractivity contribution in [1.29, 1.82) is 0 Å². The van der Waals surface area contributed by atoms with Crippen LogP contribution in [-0.2, 0) is 10.3 Å². The predicted molar refractivity (Wildman–Crippen MR) is 71.0 cm³/mol. The third-order valence-electron chi connectivity index (χ3n) is 3.85. The van der Waals surface area contributed by atoms with Crippen molar-refractivity contribution in [2.24, 2.45) is 11.7 Å². The summed E-state index contributed by atoms with van der Waals surface area (Å²) < 4.78 is 5.81. The highest BCUT2D eigenvalue weighted by atomic mass is 32.1. The van der Waals surface area contributed by atoms with Gasteiger partial charge < -0.3 is 10.5 Å². The number of ether oxygens (including phenoxy) is 1. The molecule has 0 saturated heterocycles. The molecule has 1 aliphatic carbocycles. The summed E-state index contributed by atoms with van der Waals surface area (Å²) >= 11 is 1.69. The first-order chi connectivity index (χ1) is 8.07. The molecule has 17 heavy (non-hydrogen) atoms. The van der Waals surface area contributed by atoms with Gasteiger partial charge in [0.05, 0.1) is 5.69 Å². The fourth-order valence-corrected chi connectivity index (χ4v) is 3.60. The van der Waals surface area contributed by atoms with Gasteiger partial charge in [0.2, 0.25) is 0 Å². The summed E-state index contributed by atoms with van der Waals surface area (Å²) in [6, 6.07) is 0.0106. The Hall–Kier alpha value is -0.450. The zero-order valence-corrected chi connectivity index (χ0v) is 11.7. The van der Waals surface area contributed by atoms with E-state index in [2.05, 4.69) is 17.3 Å². The first kappa shape index (κ1) is 13.0. The van der Waals surface area contributed by atoms with Crippen LogP contribution in [0.5, 0.6) is 0 Å². The summed E-state index contributed by atoms with van der Waals surface area (Å²) in [6.45, 7) is 4.29. The van der Waals surface area contributed by atoms with E-state index in [-0.39, 0.29) is 11.6 Å². The van der Waals surface area contributed by atoms with E-state index in [4.69, 9.17) is 10.5 Å². The Morgan fingerprint density at radius 2 is 2.18 bits per heavy atom. The van der Waals surface area contributed by atoms with Gasteiger partial charge in [-0.3, -0.25) is 0 Å². The van der Waals surface area contributed by atoms with Crippen LogP contribution in [0, 0.1) is 5.92 Å². The summed E-state index contributed by atoms with van der Waals surface area (Å²) in [5.41, 5.74) is 6.70. The third kappa shape index (κ3) is 2.54. The van der Waals surface area contributed by atoms with Crippen molar-refractivity contribution in [3.05, 3.63) is 16.1 Å². The van der Waals surface area contributed by atoms with Crippen LogP contribution in [0.1, 0.15) is 56.3 Å². The Kier molecular flexibility index (Phi) is 3.85. The fraction of sp³-hybridized carbons (Fsp3) is 0.769. The number of thiazole rings is 1. The first-order valence-corrected chi connectivity index (χ1v) is 7.22. The Labute approximate surface area is 107 Å². The second kappa shape index (κ2) is 5.04. The van der Waals surface area contributed by atoms with E-state index in [0.29, 0.717) is 0 Å². The van der Waals surface area contributed by atoms with Gasteiger partial charge in [-0.15, -0.1) is 11.3 Å². The molecular weight excluding hydrogens is 232 g/mol. The molecule has 0 bridgehead atoms. The molecule has 0 aromatic carbocycles. The molecule has 1 aromatic heterocycles. The molecule has 2 rings (SSSR count). The van der Waals surface area contributed by atoms with Crippen LogP contribution in [0.15, 0.2) is 5.38 Å². The molecule has 2 N–H and O–H groups in total. The maximum Gasteiger partial charge on any atom is 0.125 e. The highest BCUT2D eigenvalue weighted by Crippen LogP contribution is 2.43. The van der Waals surface area contributed by atoms with Crippen LogP contribution in [-0.4, -0.2) is 12.1 Å². The number of methoxy groups -OCH3 is 1. The molecule has 0 aliphatic heterocycles. The minimum absolute atomic E-state index is 0.0106. The number of nitrogens with two attached hydrogens (primary N) is 1. The monoisotopic (exact) mass is 254 g/mol. The molecule has 96 valence electrons. The second-order valence-corrected chi connectivity index (χ2v) is 6.11. The van der Waals surface area contributed by atoms with Crippen molar-refractivity contribution in [3.8, 4) is 0 Å². The lowest BCUT2D eigenvalue weighted by molar-refractivity contribution is -0.0532. The molecule has 0 radical (unpaired) electrons. The number of rotatable bonds is 3. The lowest BCUT2D eigenvalue weighted by Gasteiger charge is -2.36. The van der Waals surface area contributed by atoms with Gasteiger partial charge in [-0.2, -0.15) is 0 Å². The molecule has 1 fully saturated rings. The maximum absolute atomic E-state index is 5.87. The molecule has 3 nitrogen and oxygen atoms in total. The van der Waals surface area contributed by atoms with Gasteiger partial charge >= 0.3 is 0 Å². The van der Waals surface area contributed by atoms with Crippen molar-refractivity contribution in [3.63, 3.8) is 0 Å². The molecule has 1 atom stereocenters. The van der Waals surface area contributed by atoms with E-state index < -0.39 is 0 Å². The lowest BCUT2D eigenvalue weighted by atomic mass is 9.80. The minimum Gasteiger partial charge on any atom is -0.371 e. The van der Waals surface area contributed by atoms with E-state index in [9.17, 15) is 0 Å². The quantitative estimate of drug-likeness (QED) is 0.901. The maximum atomic E-state index is 5.87. The van der Waals surface area contributed by atoms with E-state index in [0.717, 1.165) is 29.5 Å². The minimum atomic E-state index is -0.148. The number of hydrogen-bond donors (Lipinski definition) is 1. The van der Waals surface area contributed by atoms with Crippen LogP contribution < -0.4 is 5.73 Å². The Morgan fingerprint density at radius 1 is 1.53 bits per heavy atom. The van der Waals surface area contributed by atoms with Crippen LogP contribution in [0.3, 0.4) is 0 Å². The summed E-state index contributed by atoms with van der Waals surface area (Å²) in [5.74, 6) is 0.811. The van der Waals surface area contributed by atoms with Crippen LogP contribution >= 0.6 is 11.3 Å². The van der Waals surface area contributed by atoms with Crippen molar-refractivity contribution in [2.75, 3.05) is 7.11 Å². The molecule has 4 heteroatoms. The Balaban J connectivity index is 2.22. The number of hydrogen-bond acceptors (Lipinski definition) is 4. The number of nitrogens with zero attached hydrogens (tertiary/aromatic N) is 1. The molecule has 1 aliphatic rings. The zero-order chi connectivity index (χ0) is 12.5. The Morgan fingerprint density at radius 3 is 2.65 bits per heavy atom.